The van der Waals surface area contributed by atoms with Gasteiger partial charge in [-0.05, 0) is 37.2 Å². The van der Waals surface area contributed by atoms with Crippen molar-refractivity contribution >= 4 is 17.4 Å². The fourth-order valence-corrected chi connectivity index (χ4v) is 1.81. The standard InChI is InChI=1S/C12H18N4O/c13-6-1-7-14-10-2-4-11(5-3-10)16-9-8-15-12(16)17/h2-5,14H,1,6-9,13H2,(H,15,17). The normalized spacial score (nSPS) is 14.9. The van der Waals surface area contributed by atoms with Gasteiger partial charge in [0.1, 0.15) is 0 Å². The minimum atomic E-state index is -0.0196. The molecule has 5 heteroatoms. The van der Waals surface area contributed by atoms with Crippen LogP contribution < -0.4 is 21.3 Å². The van der Waals surface area contributed by atoms with E-state index in [9.17, 15) is 4.79 Å². The van der Waals surface area contributed by atoms with Crippen LogP contribution in [0.5, 0.6) is 0 Å². The predicted octanol–water partition coefficient (Wildman–Crippen LogP) is 0.977. The van der Waals surface area contributed by atoms with Gasteiger partial charge in [-0.1, -0.05) is 0 Å². The van der Waals surface area contributed by atoms with Crippen LogP contribution in [0.4, 0.5) is 16.2 Å². The summed E-state index contributed by atoms with van der Waals surface area (Å²) in [6.45, 7) is 3.02. The minimum absolute atomic E-state index is 0.0196. The van der Waals surface area contributed by atoms with Crippen molar-refractivity contribution in [3.63, 3.8) is 0 Å². The van der Waals surface area contributed by atoms with Gasteiger partial charge in [0, 0.05) is 31.0 Å². The van der Waals surface area contributed by atoms with E-state index >= 15 is 0 Å². The molecule has 0 atom stereocenters. The Morgan fingerprint density at radius 1 is 1.35 bits per heavy atom. The van der Waals surface area contributed by atoms with Crippen LogP contribution in [0.15, 0.2) is 24.3 Å². The molecular formula is C12H18N4O. The van der Waals surface area contributed by atoms with Crippen LogP contribution in [-0.4, -0.2) is 32.2 Å². The van der Waals surface area contributed by atoms with Gasteiger partial charge in [-0.2, -0.15) is 0 Å². The number of nitrogens with zero attached hydrogens (tertiary/aromatic N) is 1. The van der Waals surface area contributed by atoms with Crippen LogP contribution in [0.3, 0.4) is 0 Å². The molecule has 1 aromatic rings. The van der Waals surface area contributed by atoms with Gasteiger partial charge in [0.2, 0.25) is 0 Å². The Balaban J connectivity index is 1.95. The number of benzene rings is 1. The van der Waals surface area contributed by atoms with Crippen molar-refractivity contribution in [3.8, 4) is 0 Å². The average Bonchev–Trinajstić information content (AvgIpc) is 2.77. The van der Waals surface area contributed by atoms with Crippen LogP contribution in [-0.2, 0) is 0 Å². The van der Waals surface area contributed by atoms with Crippen LogP contribution in [0, 0.1) is 0 Å². The summed E-state index contributed by atoms with van der Waals surface area (Å²) in [5.41, 5.74) is 7.42. The Kier molecular flexibility index (Phi) is 3.82. The summed E-state index contributed by atoms with van der Waals surface area (Å²) >= 11 is 0. The highest BCUT2D eigenvalue weighted by molar-refractivity contribution is 5.94. The van der Waals surface area contributed by atoms with Crippen LogP contribution in [0.2, 0.25) is 0 Å². The van der Waals surface area contributed by atoms with Crippen molar-refractivity contribution in [2.45, 2.75) is 6.42 Å². The third-order valence-corrected chi connectivity index (χ3v) is 2.75. The number of anilines is 2. The van der Waals surface area contributed by atoms with Gasteiger partial charge in [-0.3, -0.25) is 4.90 Å². The van der Waals surface area contributed by atoms with Crippen molar-refractivity contribution in [2.24, 2.45) is 5.73 Å². The molecule has 1 fully saturated rings. The lowest BCUT2D eigenvalue weighted by atomic mass is 10.2. The van der Waals surface area contributed by atoms with Gasteiger partial charge in [0.05, 0.1) is 0 Å². The van der Waals surface area contributed by atoms with Crippen LogP contribution in [0.1, 0.15) is 6.42 Å². The topological polar surface area (TPSA) is 70.4 Å². The first-order valence-electron chi connectivity index (χ1n) is 5.90. The van der Waals surface area contributed by atoms with Crippen LogP contribution in [0.25, 0.3) is 0 Å². The molecule has 0 radical (unpaired) electrons. The summed E-state index contributed by atoms with van der Waals surface area (Å²) in [7, 11) is 0. The number of urea groups is 1. The molecule has 2 amide bonds. The molecule has 1 heterocycles. The van der Waals surface area contributed by atoms with Gasteiger partial charge in [0.15, 0.2) is 0 Å². The van der Waals surface area contributed by atoms with E-state index in [2.05, 4.69) is 10.6 Å². The Labute approximate surface area is 101 Å². The highest BCUT2D eigenvalue weighted by atomic mass is 16.2. The SMILES string of the molecule is NCCCNc1ccc(N2CCNC2=O)cc1. The second-order valence-electron chi connectivity index (χ2n) is 4.00. The molecule has 0 saturated carbocycles. The third-order valence-electron chi connectivity index (χ3n) is 2.75. The molecule has 0 aliphatic carbocycles. The highest BCUT2D eigenvalue weighted by Gasteiger charge is 2.20. The molecule has 0 bridgehead atoms. The smallest absolute Gasteiger partial charge is 0.321 e. The van der Waals surface area contributed by atoms with Crippen molar-refractivity contribution in [2.75, 3.05) is 36.4 Å². The number of nitrogens with one attached hydrogen (secondary N) is 2. The maximum atomic E-state index is 11.5. The second kappa shape index (κ2) is 5.54. The quantitative estimate of drug-likeness (QED) is 0.665. The maximum absolute atomic E-state index is 11.5. The maximum Gasteiger partial charge on any atom is 0.321 e. The Bertz CT molecular complexity index is 377. The van der Waals surface area contributed by atoms with Gasteiger partial charge in [0.25, 0.3) is 0 Å². The Hall–Kier alpha value is -1.75. The molecule has 1 saturated heterocycles. The van der Waals surface area contributed by atoms with E-state index in [0.717, 1.165) is 37.4 Å². The molecule has 17 heavy (non-hydrogen) atoms. The number of carbonyl (C=O) groups excluding carboxylic acids is 1. The summed E-state index contributed by atoms with van der Waals surface area (Å²) in [6.07, 6.45) is 0.955. The van der Waals surface area contributed by atoms with E-state index in [4.69, 9.17) is 5.73 Å². The highest BCUT2D eigenvalue weighted by Crippen LogP contribution is 2.19. The Morgan fingerprint density at radius 2 is 2.12 bits per heavy atom. The van der Waals surface area contributed by atoms with E-state index in [0.29, 0.717) is 6.54 Å². The first kappa shape index (κ1) is 11.7. The molecule has 0 unspecified atom stereocenters. The van der Waals surface area contributed by atoms with E-state index in [1.807, 2.05) is 24.3 Å². The number of nitrogens with two attached hydrogens (primary N) is 1. The molecule has 4 N–H and O–H groups in total. The lowest BCUT2D eigenvalue weighted by Crippen LogP contribution is -2.27. The lowest BCUT2D eigenvalue weighted by Gasteiger charge is -2.14. The first-order valence-corrected chi connectivity index (χ1v) is 5.90. The molecule has 1 aliphatic heterocycles. The Morgan fingerprint density at radius 3 is 2.71 bits per heavy atom. The van der Waals surface area contributed by atoms with E-state index < -0.39 is 0 Å². The fraction of sp³-hybridized carbons (Fsp3) is 0.417. The summed E-state index contributed by atoms with van der Waals surface area (Å²) in [4.78, 5) is 13.2. The summed E-state index contributed by atoms with van der Waals surface area (Å²) < 4.78 is 0. The molecule has 92 valence electrons. The van der Waals surface area contributed by atoms with E-state index in [1.165, 1.54) is 0 Å². The summed E-state index contributed by atoms with van der Waals surface area (Å²) in [5.74, 6) is 0. The van der Waals surface area contributed by atoms with Crippen molar-refractivity contribution < 1.29 is 4.79 Å². The van der Waals surface area contributed by atoms with E-state index in [-0.39, 0.29) is 6.03 Å². The zero-order valence-electron chi connectivity index (χ0n) is 9.78. The molecule has 1 aliphatic rings. The summed E-state index contributed by atoms with van der Waals surface area (Å²) in [5, 5.41) is 6.06. The number of rotatable bonds is 5. The number of hydrogen-bond donors (Lipinski definition) is 3. The largest absolute Gasteiger partial charge is 0.385 e. The number of carbonyl (C=O) groups is 1. The lowest BCUT2D eigenvalue weighted by molar-refractivity contribution is 0.252. The van der Waals surface area contributed by atoms with Crippen molar-refractivity contribution in [1.82, 2.24) is 5.32 Å². The zero-order valence-corrected chi connectivity index (χ0v) is 9.78. The third kappa shape index (κ3) is 2.88. The van der Waals surface area contributed by atoms with Gasteiger partial charge < -0.3 is 16.4 Å². The van der Waals surface area contributed by atoms with Crippen LogP contribution >= 0.6 is 0 Å². The van der Waals surface area contributed by atoms with Gasteiger partial charge in [-0.25, -0.2) is 4.79 Å². The zero-order chi connectivity index (χ0) is 12.1. The molecular weight excluding hydrogens is 216 g/mol. The second-order valence-corrected chi connectivity index (χ2v) is 4.00. The first-order chi connectivity index (χ1) is 8.31. The predicted molar refractivity (Wildman–Crippen MR) is 69.3 cm³/mol. The number of hydrogen-bond acceptors (Lipinski definition) is 3. The van der Waals surface area contributed by atoms with Crippen molar-refractivity contribution in [1.29, 1.82) is 0 Å². The molecule has 1 aromatic carbocycles. The summed E-state index contributed by atoms with van der Waals surface area (Å²) in [6, 6.07) is 7.86. The molecule has 0 aromatic heterocycles. The van der Waals surface area contributed by atoms with Crippen molar-refractivity contribution in [3.05, 3.63) is 24.3 Å². The monoisotopic (exact) mass is 234 g/mol. The fourth-order valence-electron chi connectivity index (χ4n) is 1.81. The van der Waals surface area contributed by atoms with Gasteiger partial charge >= 0.3 is 6.03 Å². The molecule has 0 spiro atoms. The molecule has 2 rings (SSSR count). The molecule has 5 nitrogen and oxygen atoms in total. The minimum Gasteiger partial charge on any atom is -0.385 e. The van der Waals surface area contributed by atoms with Gasteiger partial charge in [-0.15, -0.1) is 0 Å². The van der Waals surface area contributed by atoms with E-state index in [1.54, 1.807) is 4.90 Å². The number of amides is 2. The average molecular weight is 234 g/mol.